The standard InChI is InChI=1S/C14H20N2OS/c1-11(17)14(16-9-7-15-8-10-16)12-3-5-13(18-2)6-4-12/h3-6,14-15H,7-10H2,1-2H3. The predicted molar refractivity (Wildman–Crippen MR) is 76.1 cm³/mol. The summed E-state index contributed by atoms with van der Waals surface area (Å²) in [5, 5.41) is 3.32. The molecule has 0 bridgehead atoms. The predicted octanol–water partition coefficient (Wildman–Crippen LogP) is 1.94. The van der Waals surface area contributed by atoms with E-state index in [4.69, 9.17) is 0 Å². The summed E-state index contributed by atoms with van der Waals surface area (Å²) in [6.45, 7) is 5.50. The van der Waals surface area contributed by atoms with Gasteiger partial charge in [-0.25, -0.2) is 0 Å². The molecule has 1 unspecified atom stereocenters. The molecule has 18 heavy (non-hydrogen) atoms. The van der Waals surface area contributed by atoms with Crippen molar-refractivity contribution >= 4 is 17.5 Å². The lowest BCUT2D eigenvalue weighted by molar-refractivity contribution is -0.122. The maximum Gasteiger partial charge on any atom is 0.151 e. The van der Waals surface area contributed by atoms with E-state index in [2.05, 4.69) is 40.7 Å². The van der Waals surface area contributed by atoms with Gasteiger partial charge in [0.25, 0.3) is 0 Å². The summed E-state index contributed by atoms with van der Waals surface area (Å²) in [6, 6.07) is 8.28. The topological polar surface area (TPSA) is 32.3 Å². The first-order valence-corrected chi connectivity index (χ1v) is 7.54. The zero-order valence-corrected chi connectivity index (χ0v) is 11.8. The van der Waals surface area contributed by atoms with Crippen LogP contribution < -0.4 is 5.32 Å². The molecule has 1 N–H and O–H groups in total. The number of nitrogens with one attached hydrogen (secondary N) is 1. The van der Waals surface area contributed by atoms with E-state index in [1.165, 1.54) is 4.90 Å². The second-order valence-corrected chi connectivity index (χ2v) is 5.45. The number of rotatable bonds is 4. The number of hydrogen-bond acceptors (Lipinski definition) is 4. The molecule has 2 rings (SSSR count). The fourth-order valence-corrected chi connectivity index (χ4v) is 2.84. The van der Waals surface area contributed by atoms with Crippen LogP contribution in [0.2, 0.25) is 0 Å². The molecule has 0 aliphatic carbocycles. The number of carbonyl (C=O) groups excluding carboxylic acids is 1. The van der Waals surface area contributed by atoms with Gasteiger partial charge in [-0.05, 0) is 30.9 Å². The molecular formula is C14H20N2OS. The number of thioether (sulfide) groups is 1. The van der Waals surface area contributed by atoms with Crippen molar-refractivity contribution in [3.05, 3.63) is 29.8 Å². The Kier molecular flexibility index (Phi) is 4.80. The van der Waals surface area contributed by atoms with Crippen molar-refractivity contribution in [1.82, 2.24) is 10.2 Å². The van der Waals surface area contributed by atoms with E-state index in [1.54, 1.807) is 18.7 Å². The number of benzene rings is 1. The molecule has 1 aliphatic rings. The lowest BCUT2D eigenvalue weighted by atomic mass is 10.0. The summed E-state index contributed by atoms with van der Waals surface area (Å²) in [4.78, 5) is 15.4. The monoisotopic (exact) mass is 264 g/mol. The Bertz CT molecular complexity index is 399. The number of hydrogen-bond donors (Lipinski definition) is 1. The number of ketones is 1. The van der Waals surface area contributed by atoms with Crippen LogP contribution >= 0.6 is 11.8 Å². The van der Waals surface area contributed by atoms with Crippen molar-refractivity contribution in [3.8, 4) is 0 Å². The van der Waals surface area contributed by atoms with E-state index in [9.17, 15) is 4.79 Å². The maximum absolute atomic E-state index is 11.9. The van der Waals surface area contributed by atoms with Crippen molar-refractivity contribution in [3.63, 3.8) is 0 Å². The normalized spacial score (nSPS) is 18.6. The summed E-state index contributed by atoms with van der Waals surface area (Å²) in [6.07, 6.45) is 2.06. The number of carbonyl (C=O) groups is 1. The van der Waals surface area contributed by atoms with E-state index < -0.39 is 0 Å². The number of nitrogens with zero attached hydrogens (tertiary/aromatic N) is 1. The van der Waals surface area contributed by atoms with Crippen LogP contribution in [0.15, 0.2) is 29.2 Å². The Balaban J connectivity index is 2.20. The van der Waals surface area contributed by atoms with E-state index in [-0.39, 0.29) is 11.8 Å². The molecule has 0 saturated carbocycles. The van der Waals surface area contributed by atoms with Gasteiger partial charge in [0, 0.05) is 31.1 Å². The molecule has 1 saturated heterocycles. The molecule has 4 heteroatoms. The van der Waals surface area contributed by atoms with Crippen LogP contribution in [0, 0.1) is 0 Å². The largest absolute Gasteiger partial charge is 0.314 e. The first-order chi connectivity index (χ1) is 8.72. The first-order valence-electron chi connectivity index (χ1n) is 6.31. The molecule has 0 amide bonds. The fourth-order valence-electron chi connectivity index (χ4n) is 2.43. The summed E-state index contributed by atoms with van der Waals surface area (Å²) < 4.78 is 0. The molecule has 1 fully saturated rings. The first kappa shape index (κ1) is 13.6. The quantitative estimate of drug-likeness (QED) is 0.843. The Morgan fingerprint density at radius 1 is 1.28 bits per heavy atom. The van der Waals surface area contributed by atoms with Crippen molar-refractivity contribution in [2.24, 2.45) is 0 Å². The van der Waals surface area contributed by atoms with Crippen molar-refractivity contribution in [2.45, 2.75) is 17.9 Å². The summed E-state index contributed by atoms with van der Waals surface area (Å²) in [5.74, 6) is 0.230. The second-order valence-electron chi connectivity index (χ2n) is 4.57. The summed E-state index contributed by atoms with van der Waals surface area (Å²) in [7, 11) is 0. The molecule has 3 nitrogen and oxygen atoms in total. The minimum absolute atomic E-state index is 0.0805. The lowest BCUT2D eigenvalue weighted by Crippen LogP contribution is -2.46. The molecule has 1 aliphatic heterocycles. The minimum Gasteiger partial charge on any atom is -0.314 e. The molecule has 1 atom stereocenters. The Morgan fingerprint density at radius 2 is 1.89 bits per heavy atom. The smallest absolute Gasteiger partial charge is 0.151 e. The van der Waals surface area contributed by atoms with Crippen molar-refractivity contribution in [2.75, 3.05) is 32.4 Å². The molecule has 98 valence electrons. The summed E-state index contributed by atoms with van der Waals surface area (Å²) in [5.41, 5.74) is 1.11. The van der Waals surface area contributed by atoms with E-state index in [1.807, 2.05) is 0 Å². The lowest BCUT2D eigenvalue weighted by Gasteiger charge is -2.33. The van der Waals surface area contributed by atoms with E-state index in [0.717, 1.165) is 31.7 Å². The zero-order valence-electron chi connectivity index (χ0n) is 11.0. The van der Waals surface area contributed by atoms with Gasteiger partial charge in [-0.1, -0.05) is 12.1 Å². The van der Waals surface area contributed by atoms with Gasteiger partial charge in [-0.2, -0.15) is 0 Å². The highest BCUT2D eigenvalue weighted by Crippen LogP contribution is 2.24. The van der Waals surface area contributed by atoms with Crippen LogP contribution in [0.1, 0.15) is 18.5 Å². The van der Waals surface area contributed by atoms with Crippen molar-refractivity contribution < 1.29 is 4.79 Å². The van der Waals surface area contributed by atoms with Crippen LogP contribution in [0.5, 0.6) is 0 Å². The minimum atomic E-state index is -0.0805. The maximum atomic E-state index is 11.9. The van der Waals surface area contributed by atoms with Gasteiger partial charge in [0.2, 0.25) is 0 Å². The molecule has 0 radical (unpaired) electrons. The average molecular weight is 264 g/mol. The third-order valence-electron chi connectivity index (χ3n) is 3.33. The molecule has 0 spiro atoms. The van der Waals surface area contributed by atoms with Crippen LogP contribution in [0.3, 0.4) is 0 Å². The molecule has 0 aromatic heterocycles. The van der Waals surface area contributed by atoms with Gasteiger partial charge in [-0.15, -0.1) is 11.8 Å². The molecular weight excluding hydrogens is 244 g/mol. The molecule has 1 aromatic carbocycles. The Hall–Kier alpha value is -0.840. The van der Waals surface area contributed by atoms with Crippen molar-refractivity contribution in [1.29, 1.82) is 0 Å². The van der Waals surface area contributed by atoms with Crippen LogP contribution in [0.25, 0.3) is 0 Å². The second kappa shape index (κ2) is 6.36. The number of Topliss-reactive ketones (excluding diaryl/α,β-unsaturated/α-hetero) is 1. The highest BCUT2D eigenvalue weighted by molar-refractivity contribution is 7.98. The van der Waals surface area contributed by atoms with Gasteiger partial charge in [-0.3, -0.25) is 9.69 Å². The molecule has 1 heterocycles. The number of piperazine rings is 1. The van der Waals surface area contributed by atoms with Gasteiger partial charge in [0.1, 0.15) is 0 Å². The molecule has 1 aromatic rings. The van der Waals surface area contributed by atoms with Crippen LogP contribution in [-0.4, -0.2) is 43.1 Å². The van der Waals surface area contributed by atoms with Gasteiger partial charge >= 0.3 is 0 Å². The van der Waals surface area contributed by atoms with Gasteiger partial charge in [0.15, 0.2) is 5.78 Å². The zero-order chi connectivity index (χ0) is 13.0. The highest BCUT2D eigenvalue weighted by atomic mass is 32.2. The Labute approximate surface area is 113 Å². The Morgan fingerprint density at radius 3 is 2.39 bits per heavy atom. The van der Waals surface area contributed by atoms with E-state index >= 15 is 0 Å². The van der Waals surface area contributed by atoms with Crippen LogP contribution in [-0.2, 0) is 4.79 Å². The van der Waals surface area contributed by atoms with E-state index in [0.29, 0.717) is 0 Å². The average Bonchev–Trinajstić information content (AvgIpc) is 2.40. The third-order valence-corrected chi connectivity index (χ3v) is 4.08. The van der Waals surface area contributed by atoms with Crippen LogP contribution in [0.4, 0.5) is 0 Å². The third kappa shape index (κ3) is 3.13. The summed E-state index contributed by atoms with van der Waals surface area (Å²) >= 11 is 1.72. The highest BCUT2D eigenvalue weighted by Gasteiger charge is 2.25. The van der Waals surface area contributed by atoms with Gasteiger partial charge in [0.05, 0.1) is 6.04 Å². The fraction of sp³-hybridized carbons (Fsp3) is 0.500. The van der Waals surface area contributed by atoms with Gasteiger partial charge < -0.3 is 5.32 Å². The SMILES string of the molecule is CSc1ccc(C(C(C)=O)N2CCNCC2)cc1.